The van der Waals surface area contributed by atoms with Crippen molar-refractivity contribution < 1.29 is 13.2 Å². The van der Waals surface area contributed by atoms with Crippen LogP contribution >= 0.6 is 11.3 Å². The molecule has 1 heterocycles. The van der Waals surface area contributed by atoms with Gasteiger partial charge in [-0.1, -0.05) is 6.92 Å². The average Bonchev–Trinajstić information content (AvgIpc) is 2.77. The van der Waals surface area contributed by atoms with E-state index in [1.54, 1.807) is 11.0 Å². The molecule has 0 aliphatic heterocycles. The van der Waals surface area contributed by atoms with Gasteiger partial charge in [0.2, 0.25) is 15.9 Å². The Labute approximate surface area is 118 Å². The maximum atomic E-state index is 12.2. The second-order valence-electron chi connectivity index (χ2n) is 4.38. The Morgan fingerprint density at radius 1 is 1.42 bits per heavy atom. The number of likely N-dealkylation sites (N-methyl/N-ethyl adjacent to an activating group) is 1. The van der Waals surface area contributed by atoms with Crippen LogP contribution in [-0.2, 0) is 21.2 Å². The Bertz CT molecular complexity index is 537. The summed E-state index contributed by atoms with van der Waals surface area (Å²) in [6, 6.07) is 3.28. The Kier molecular flexibility index (Phi) is 5.51. The highest BCUT2D eigenvalue weighted by molar-refractivity contribution is 7.91. The number of primary sulfonamides is 1. The van der Waals surface area contributed by atoms with Crippen LogP contribution in [0.25, 0.3) is 0 Å². The van der Waals surface area contributed by atoms with E-state index in [0.717, 1.165) is 22.6 Å². The summed E-state index contributed by atoms with van der Waals surface area (Å²) in [7, 11) is -3.67. The highest BCUT2D eigenvalue weighted by Gasteiger charge is 2.19. The van der Waals surface area contributed by atoms with Gasteiger partial charge in [-0.3, -0.25) is 4.79 Å². The van der Waals surface area contributed by atoms with Gasteiger partial charge in [-0.15, -0.1) is 11.3 Å². The highest BCUT2D eigenvalue weighted by atomic mass is 32.2. The molecular weight excluding hydrogens is 284 g/mol. The summed E-state index contributed by atoms with van der Waals surface area (Å²) >= 11 is 1.05. The summed E-state index contributed by atoms with van der Waals surface area (Å²) in [6.07, 6.45) is 1.12. The minimum absolute atomic E-state index is 0.0136. The van der Waals surface area contributed by atoms with Gasteiger partial charge in [-0.25, -0.2) is 13.6 Å². The molecule has 5 nitrogen and oxygen atoms in total. The van der Waals surface area contributed by atoms with Crippen LogP contribution in [0.3, 0.4) is 0 Å². The summed E-state index contributed by atoms with van der Waals surface area (Å²) in [6.45, 7) is 6.63. The van der Waals surface area contributed by atoms with Gasteiger partial charge in [-0.2, -0.15) is 0 Å². The predicted octanol–water partition coefficient (Wildman–Crippen LogP) is 1.59. The Hall–Kier alpha value is -0.920. The molecule has 19 heavy (non-hydrogen) atoms. The molecule has 1 rings (SSSR count). The van der Waals surface area contributed by atoms with Gasteiger partial charge in [0.25, 0.3) is 0 Å². The summed E-state index contributed by atoms with van der Waals surface area (Å²) in [4.78, 5) is 14.7. The minimum Gasteiger partial charge on any atom is -0.340 e. The molecule has 2 N–H and O–H groups in total. The van der Waals surface area contributed by atoms with Crippen molar-refractivity contribution >= 4 is 27.3 Å². The molecule has 1 atom stereocenters. The van der Waals surface area contributed by atoms with Crippen LogP contribution in [0.5, 0.6) is 0 Å². The molecule has 0 saturated heterocycles. The van der Waals surface area contributed by atoms with E-state index in [1.807, 2.05) is 20.8 Å². The number of nitrogens with two attached hydrogens (primary N) is 1. The van der Waals surface area contributed by atoms with E-state index in [4.69, 9.17) is 5.14 Å². The first-order chi connectivity index (χ1) is 8.79. The normalized spacial score (nSPS) is 13.3. The van der Waals surface area contributed by atoms with Crippen LogP contribution in [0, 0.1) is 0 Å². The highest BCUT2D eigenvalue weighted by Crippen LogP contribution is 2.21. The first kappa shape index (κ1) is 16.1. The number of nitrogens with zero attached hydrogens (tertiary/aromatic N) is 1. The van der Waals surface area contributed by atoms with Crippen molar-refractivity contribution in [1.82, 2.24) is 4.90 Å². The van der Waals surface area contributed by atoms with Crippen molar-refractivity contribution in [2.75, 3.05) is 6.54 Å². The lowest BCUT2D eigenvalue weighted by Crippen LogP contribution is -2.38. The van der Waals surface area contributed by atoms with Gasteiger partial charge in [0, 0.05) is 17.5 Å². The third-order valence-corrected chi connectivity index (χ3v) is 5.55. The number of rotatable bonds is 6. The molecule has 0 aliphatic rings. The lowest BCUT2D eigenvalue weighted by atomic mass is 10.2. The number of amides is 1. The van der Waals surface area contributed by atoms with E-state index in [1.165, 1.54) is 6.07 Å². The van der Waals surface area contributed by atoms with Gasteiger partial charge < -0.3 is 4.90 Å². The second kappa shape index (κ2) is 6.49. The third kappa shape index (κ3) is 4.29. The molecule has 1 aromatic heterocycles. The maximum Gasteiger partial charge on any atom is 0.247 e. The van der Waals surface area contributed by atoms with Crippen molar-refractivity contribution in [3.05, 3.63) is 17.0 Å². The fraction of sp³-hybridized carbons (Fsp3) is 0.583. The number of hydrogen-bond acceptors (Lipinski definition) is 4. The zero-order valence-electron chi connectivity index (χ0n) is 11.4. The monoisotopic (exact) mass is 304 g/mol. The zero-order valence-corrected chi connectivity index (χ0v) is 13.1. The zero-order chi connectivity index (χ0) is 14.6. The molecular formula is C12H20N2O3S2. The summed E-state index contributed by atoms with van der Waals surface area (Å²) in [5.41, 5.74) is 0. The fourth-order valence-corrected chi connectivity index (χ4v) is 3.58. The van der Waals surface area contributed by atoms with Crippen LogP contribution in [0.15, 0.2) is 16.3 Å². The van der Waals surface area contributed by atoms with Gasteiger partial charge in [-0.05, 0) is 32.4 Å². The molecule has 0 aromatic carbocycles. The topological polar surface area (TPSA) is 80.5 Å². The van der Waals surface area contributed by atoms with Crippen molar-refractivity contribution in [3.63, 3.8) is 0 Å². The third-order valence-electron chi connectivity index (χ3n) is 3.03. The number of carbonyl (C=O) groups is 1. The van der Waals surface area contributed by atoms with E-state index < -0.39 is 10.0 Å². The van der Waals surface area contributed by atoms with Gasteiger partial charge in [0.1, 0.15) is 4.21 Å². The number of hydrogen-bond donors (Lipinski definition) is 1. The van der Waals surface area contributed by atoms with Gasteiger partial charge in [0.05, 0.1) is 6.42 Å². The smallest absolute Gasteiger partial charge is 0.247 e. The largest absolute Gasteiger partial charge is 0.340 e. The molecule has 0 fully saturated rings. The molecule has 108 valence electrons. The van der Waals surface area contributed by atoms with Crippen molar-refractivity contribution in [3.8, 4) is 0 Å². The van der Waals surface area contributed by atoms with E-state index >= 15 is 0 Å². The second-order valence-corrected chi connectivity index (χ2v) is 7.34. The molecule has 1 amide bonds. The van der Waals surface area contributed by atoms with Crippen molar-refractivity contribution in [2.24, 2.45) is 5.14 Å². The Morgan fingerprint density at radius 3 is 2.47 bits per heavy atom. The molecule has 1 unspecified atom stereocenters. The van der Waals surface area contributed by atoms with Crippen LogP contribution in [0.1, 0.15) is 32.1 Å². The number of thiophene rings is 1. The molecule has 0 radical (unpaired) electrons. The molecule has 0 bridgehead atoms. The van der Waals surface area contributed by atoms with E-state index in [9.17, 15) is 13.2 Å². The molecule has 0 spiro atoms. The summed E-state index contributed by atoms with van der Waals surface area (Å²) in [5.74, 6) is 0.0136. The van der Waals surface area contributed by atoms with Crippen LogP contribution in [0.2, 0.25) is 0 Å². The predicted molar refractivity (Wildman–Crippen MR) is 76.5 cm³/mol. The van der Waals surface area contributed by atoms with Crippen LogP contribution in [-0.4, -0.2) is 31.8 Å². The fourth-order valence-electron chi connectivity index (χ4n) is 1.81. The summed E-state index contributed by atoms with van der Waals surface area (Å²) < 4.78 is 22.4. The molecule has 7 heteroatoms. The van der Waals surface area contributed by atoms with Crippen LogP contribution < -0.4 is 5.14 Å². The minimum atomic E-state index is -3.67. The first-order valence-electron chi connectivity index (χ1n) is 6.20. The first-order valence-corrected chi connectivity index (χ1v) is 8.56. The lowest BCUT2D eigenvalue weighted by Gasteiger charge is -2.27. The molecule has 0 saturated carbocycles. The van der Waals surface area contributed by atoms with E-state index in [-0.39, 0.29) is 22.6 Å². The number of sulfonamides is 1. The van der Waals surface area contributed by atoms with Crippen LogP contribution in [0.4, 0.5) is 0 Å². The lowest BCUT2D eigenvalue weighted by molar-refractivity contribution is -0.132. The SMILES string of the molecule is CCC(C)N(CC)C(=O)Cc1ccc(S(N)(=O)=O)s1. The van der Waals surface area contributed by atoms with Gasteiger partial charge >= 0.3 is 0 Å². The van der Waals surface area contributed by atoms with Crippen molar-refractivity contribution in [2.45, 2.75) is 43.9 Å². The van der Waals surface area contributed by atoms with E-state index in [2.05, 4.69) is 0 Å². The Balaban J connectivity index is 2.79. The summed E-state index contributed by atoms with van der Waals surface area (Å²) in [5, 5.41) is 5.04. The molecule has 0 aliphatic carbocycles. The Morgan fingerprint density at radius 2 is 2.05 bits per heavy atom. The standard InChI is InChI=1S/C12H20N2O3S2/c1-4-9(3)14(5-2)11(15)8-10-6-7-12(18-10)19(13,16)17/h6-7,9H,4-5,8H2,1-3H3,(H2,13,16,17). The molecule has 1 aromatic rings. The average molecular weight is 304 g/mol. The van der Waals surface area contributed by atoms with Crippen molar-refractivity contribution in [1.29, 1.82) is 0 Å². The maximum absolute atomic E-state index is 12.2. The van der Waals surface area contributed by atoms with Gasteiger partial charge in [0.15, 0.2) is 0 Å². The van der Waals surface area contributed by atoms with E-state index in [0.29, 0.717) is 6.54 Å². The number of carbonyl (C=O) groups excluding carboxylic acids is 1. The quantitative estimate of drug-likeness (QED) is 0.866.